The lowest BCUT2D eigenvalue weighted by atomic mass is 9.88. The number of nitrogens with zero attached hydrogens (tertiary/aromatic N) is 3. The van der Waals surface area contributed by atoms with Crippen LogP contribution in [0.3, 0.4) is 0 Å². The normalized spacial score (nSPS) is 14.0. The van der Waals surface area contributed by atoms with Crippen LogP contribution in [0, 0.1) is 5.41 Å². The van der Waals surface area contributed by atoms with E-state index in [-0.39, 0.29) is 19.8 Å². The van der Waals surface area contributed by atoms with Crippen molar-refractivity contribution in [3.63, 3.8) is 0 Å². The number of carbonyl (C=O) groups is 3. The van der Waals surface area contributed by atoms with Gasteiger partial charge in [-0.1, -0.05) is 6.92 Å². The predicted molar refractivity (Wildman–Crippen MR) is 210 cm³/mol. The zero-order valence-corrected chi connectivity index (χ0v) is 32.8. The van der Waals surface area contributed by atoms with Gasteiger partial charge in [-0.05, 0) is 147 Å². The Labute approximate surface area is 311 Å². The third-order valence-electron chi connectivity index (χ3n) is 9.97. The third kappa shape index (κ3) is 10.3. The smallest absolute Gasteiger partial charge is 0.338 e. The topological polar surface area (TPSA) is 88.6 Å². The van der Waals surface area contributed by atoms with Gasteiger partial charge in [0.15, 0.2) is 0 Å². The Morgan fingerprint density at radius 1 is 0.577 bits per heavy atom. The second-order valence-corrected chi connectivity index (χ2v) is 15.3. The summed E-state index contributed by atoms with van der Waals surface area (Å²) in [6.07, 6.45) is 2.77. The van der Waals surface area contributed by atoms with Crippen LogP contribution in [0.4, 0.5) is 17.1 Å². The summed E-state index contributed by atoms with van der Waals surface area (Å²) in [5.41, 5.74) is 3.33. The van der Waals surface area contributed by atoms with Crippen molar-refractivity contribution in [2.75, 3.05) is 41.6 Å². The third-order valence-corrected chi connectivity index (χ3v) is 9.97. The van der Waals surface area contributed by atoms with E-state index in [1.54, 1.807) is 36.4 Å². The standard InChI is InChI=1S/C43H59N3O6/c1-11-43(26-50-40(47)33-12-18-36(19-13-33)44(10)29(2)3,27-51-41(48)34-14-20-37(21-15-34)45(30(4)5)31(6)7)28-52-42(49)35-16-22-38(23-17-35)46(32(8)9)39-24-25-39/h12-23,29-32,39H,11,24-28H2,1-10H3. The van der Waals surface area contributed by atoms with Crippen molar-refractivity contribution in [3.05, 3.63) is 89.5 Å². The quantitative estimate of drug-likeness (QED) is 0.0948. The average molecular weight is 714 g/mol. The molecule has 0 amide bonds. The van der Waals surface area contributed by atoms with Crippen LogP contribution in [0.2, 0.25) is 0 Å². The molecule has 282 valence electrons. The second-order valence-electron chi connectivity index (χ2n) is 15.3. The van der Waals surface area contributed by atoms with Gasteiger partial charge in [0.1, 0.15) is 19.8 Å². The van der Waals surface area contributed by atoms with Crippen molar-refractivity contribution in [2.24, 2.45) is 5.41 Å². The lowest BCUT2D eigenvalue weighted by Crippen LogP contribution is -2.39. The van der Waals surface area contributed by atoms with Crippen molar-refractivity contribution >= 4 is 35.0 Å². The molecule has 0 aromatic heterocycles. The minimum Gasteiger partial charge on any atom is -0.461 e. The van der Waals surface area contributed by atoms with Gasteiger partial charge in [-0.25, -0.2) is 14.4 Å². The second kappa shape index (κ2) is 17.8. The van der Waals surface area contributed by atoms with Crippen LogP contribution in [-0.2, 0) is 14.2 Å². The van der Waals surface area contributed by atoms with Crippen molar-refractivity contribution in [3.8, 4) is 0 Å². The van der Waals surface area contributed by atoms with E-state index in [1.807, 2.05) is 50.4 Å². The summed E-state index contributed by atoms with van der Waals surface area (Å²) in [6.45, 7) is 18.6. The van der Waals surface area contributed by atoms with E-state index < -0.39 is 23.3 Å². The fourth-order valence-corrected chi connectivity index (χ4v) is 6.48. The molecule has 0 bridgehead atoms. The van der Waals surface area contributed by atoms with Gasteiger partial charge in [0.25, 0.3) is 0 Å². The summed E-state index contributed by atoms with van der Waals surface area (Å²) in [5.74, 6) is -1.51. The van der Waals surface area contributed by atoms with Crippen molar-refractivity contribution < 1.29 is 28.6 Å². The van der Waals surface area contributed by atoms with Gasteiger partial charge < -0.3 is 28.9 Å². The molecule has 0 saturated heterocycles. The van der Waals surface area contributed by atoms with Crippen LogP contribution in [0.25, 0.3) is 0 Å². The molecular weight excluding hydrogens is 654 g/mol. The van der Waals surface area contributed by atoms with Crippen LogP contribution in [-0.4, -0.2) is 75.0 Å². The Bertz CT molecular complexity index is 1530. The van der Waals surface area contributed by atoms with E-state index in [4.69, 9.17) is 14.2 Å². The minimum absolute atomic E-state index is 0.111. The van der Waals surface area contributed by atoms with Crippen LogP contribution in [0.1, 0.15) is 113 Å². The van der Waals surface area contributed by atoms with Crippen LogP contribution < -0.4 is 14.7 Å². The number of benzene rings is 3. The monoisotopic (exact) mass is 713 g/mol. The SMILES string of the molecule is CCC(COC(=O)c1ccc(N(C)C(C)C)cc1)(COC(=O)c1ccc(N(C(C)C)C(C)C)cc1)COC(=O)c1ccc(N(C(C)C)C2CC2)cc1. The first kappa shape index (κ1) is 40.2. The molecule has 9 heteroatoms. The van der Waals surface area contributed by atoms with Gasteiger partial charge in [0.2, 0.25) is 0 Å². The van der Waals surface area contributed by atoms with Crippen molar-refractivity contribution in [1.82, 2.24) is 0 Å². The first-order chi connectivity index (χ1) is 24.7. The van der Waals surface area contributed by atoms with Crippen molar-refractivity contribution in [2.45, 2.75) is 112 Å². The fourth-order valence-electron chi connectivity index (χ4n) is 6.48. The van der Waals surface area contributed by atoms with E-state index in [9.17, 15) is 14.4 Å². The molecule has 1 aliphatic carbocycles. The highest BCUT2D eigenvalue weighted by Gasteiger charge is 2.35. The molecule has 1 aliphatic rings. The Morgan fingerprint density at radius 3 is 1.25 bits per heavy atom. The lowest BCUT2D eigenvalue weighted by Gasteiger charge is -2.33. The molecule has 52 heavy (non-hydrogen) atoms. The average Bonchev–Trinajstić information content (AvgIpc) is 3.96. The first-order valence-electron chi connectivity index (χ1n) is 18.8. The Hall–Kier alpha value is -4.53. The summed E-state index contributed by atoms with van der Waals surface area (Å²) in [6, 6.07) is 23.9. The lowest BCUT2D eigenvalue weighted by molar-refractivity contribution is -0.0381. The molecule has 0 aliphatic heterocycles. The maximum absolute atomic E-state index is 13.3. The molecule has 9 nitrogen and oxygen atoms in total. The highest BCUT2D eigenvalue weighted by atomic mass is 16.6. The van der Waals surface area contributed by atoms with Gasteiger partial charge in [-0.3, -0.25) is 0 Å². The molecule has 0 spiro atoms. The summed E-state index contributed by atoms with van der Waals surface area (Å²) < 4.78 is 17.6. The van der Waals surface area contributed by atoms with E-state index in [2.05, 4.69) is 70.1 Å². The van der Waals surface area contributed by atoms with Crippen LogP contribution >= 0.6 is 0 Å². The van der Waals surface area contributed by atoms with Gasteiger partial charge in [0.05, 0.1) is 22.1 Å². The van der Waals surface area contributed by atoms with E-state index in [1.165, 1.54) is 12.8 Å². The zero-order chi connectivity index (χ0) is 38.2. The number of rotatable bonds is 18. The Kier molecular flexibility index (Phi) is 13.8. The molecule has 3 aromatic carbocycles. The Morgan fingerprint density at radius 2 is 0.942 bits per heavy atom. The zero-order valence-electron chi connectivity index (χ0n) is 32.8. The summed E-state index contributed by atoms with van der Waals surface area (Å²) >= 11 is 0. The van der Waals surface area contributed by atoms with Gasteiger partial charge in [-0.15, -0.1) is 0 Å². The van der Waals surface area contributed by atoms with Gasteiger partial charge in [-0.2, -0.15) is 0 Å². The highest BCUT2D eigenvalue weighted by molar-refractivity contribution is 5.91. The van der Waals surface area contributed by atoms with Gasteiger partial charge >= 0.3 is 17.9 Å². The summed E-state index contributed by atoms with van der Waals surface area (Å²) in [4.78, 5) is 46.7. The van der Waals surface area contributed by atoms with E-state index >= 15 is 0 Å². The number of hydrogen-bond donors (Lipinski definition) is 0. The number of anilines is 3. The van der Waals surface area contributed by atoms with Crippen molar-refractivity contribution in [1.29, 1.82) is 0 Å². The molecule has 1 fully saturated rings. The molecule has 1 unspecified atom stereocenters. The van der Waals surface area contributed by atoms with Crippen LogP contribution in [0.15, 0.2) is 72.8 Å². The van der Waals surface area contributed by atoms with Gasteiger partial charge in [0, 0.05) is 54.3 Å². The molecule has 4 rings (SSSR count). The molecule has 1 atom stereocenters. The minimum atomic E-state index is -0.981. The first-order valence-corrected chi connectivity index (χ1v) is 18.8. The predicted octanol–water partition coefficient (Wildman–Crippen LogP) is 8.80. The number of ether oxygens (including phenoxy) is 3. The van der Waals surface area contributed by atoms with E-state index in [0.29, 0.717) is 53.3 Å². The largest absolute Gasteiger partial charge is 0.461 e. The number of esters is 3. The molecule has 3 aromatic rings. The van der Waals surface area contributed by atoms with Crippen LogP contribution in [0.5, 0.6) is 0 Å². The fraction of sp³-hybridized carbons (Fsp3) is 0.512. The number of carbonyl (C=O) groups excluding carboxylic acids is 3. The molecule has 0 radical (unpaired) electrons. The molecular formula is C43H59N3O6. The maximum Gasteiger partial charge on any atom is 0.338 e. The highest BCUT2D eigenvalue weighted by Crippen LogP contribution is 2.34. The maximum atomic E-state index is 13.3. The Balaban J connectivity index is 1.49. The molecule has 0 heterocycles. The molecule has 1 saturated carbocycles. The van der Waals surface area contributed by atoms with E-state index in [0.717, 1.165) is 17.1 Å². The number of hydrogen-bond acceptors (Lipinski definition) is 9. The summed E-state index contributed by atoms with van der Waals surface area (Å²) in [5, 5.41) is 0. The molecule has 0 N–H and O–H groups in total. The summed E-state index contributed by atoms with van der Waals surface area (Å²) in [7, 11) is 2.00.